The lowest BCUT2D eigenvalue weighted by Gasteiger charge is -2.36. The van der Waals surface area contributed by atoms with E-state index in [1.165, 1.54) is 11.8 Å². The Morgan fingerprint density at radius 1 is 1.50 bits per heavy atom. The van der Waals surface area contributed by atoms with Crippen LogP contribution in [0.15, 0.2) is 0 Å². The molecule has 1 saturated heterocycles. The third-order valence-electron chi connectivity index (χ3n) is 1.86. The van der Waals surface area contributed by atoms with Gasteiger partial charge in [-0.25, -0.2) is 0 Å². The molecule has 7 heteroatoms. The molecule has 3 nitrogen and oxygen atoms in total. The Morgan fingerprint density at radius 3 is 2.36 bits per heavy atom. The summed E-state index contributed by atoms with van der Waals surface area (Å²) < 4.78 is 36.1. The van der Waals surface area contributed by atoms with Crippen LogP contribution in [0.2, 0.25) is 0 Å². The van der Waals surface area contributed by atoms with Gasteiger partial charge in [0.05, 0.1) is 13.1 Å². The zero-order valence-corrected chi connectivity index (χ0v) is 8.07. The van der Waals surface area contributed by atoms with Gasteiger partial charge in [0.25, 0.3) is 0 Å². The summed E-state index contributed by atoms with van der Waals surface area (Å²) in [7, 11) is 0. The average Bonchev–Trinajstić information content (AvgIpc) is 1.75. The van der Waals surface area contributed by atoms with Gasteiger partial charge in [0.2, 0.25) is 0 Å². The predicted molar refractivity (Wildman–Crippen MR) is 46.4 cm³/mol. The molecule has 1 N–H and O–H groups in total. The maximum atomic E-state index is 12.0. The molecule has 1 rings (SSSR count). The number of rotatable bonds is 4. The zero-order chi connectivity index (χ0) is 10.8. The van der Waals surface area contributed by atoms with Crippen molar-refractivity contribution in [3.63, 3.8) is 0 Å². The minimum absolute atomic E-state index is 0.238. The summed E-state index contributed by atoms with van der Waals surface area (Å²) in [4.78, 5) is 11.3. The second-order valence-electron chi connectivity index (χ2n) is 3.11. The minimum Gasteiger partial charge on any atom is -0.480 e. The summed E-state index contributed by atoms with van der Waals surface area (Å²) >= 11 is 1.52. The smallest absolute Gasteiger partial charge is 0.401 e. The van der Waals surface area contributed by atoms with Crippen molar-refractivity contribution in [1.82, 2.24) is 4.90 Å². The van der Waals surface area contributed by atoms with Crippen molar-refractivity contribution >= 4 is 17.7 Å². The van der Waals surface area contributed by atoms with Crippen molar-refractivity contribution in [3.05, 3.63) is 0 Å². The summed E-state index contributed by atoms with van der Waals surface area (Å²) in [6, 6.07) is -0.238. The quantitative estimate of drug-likeness (QED) is 0.782. The molecule has 14 heavy (non-hydrogen) atoms. The molecule has 0 aromatic rings. The molecule has 0 aliphatic carbocycles. The third-order valence-corrected chi connectivity index (χ3v) is 3.10. The van der Waals surface area contributed by atoms with E-state index in [1.807, 2.05) is 0 Å². The fraction of sp³-hybridized carbons (Fsp3) is 0.857. The van der Waals surface area contributed by atoms with Crippen LogP contribution < -0.4 is 0 Å². The number of hydrogen-bond acceptors (Lipinski definition) is 3. The number of aliphatic carboxylic acids is 1. The maximum Gasteiger partial charge on any atom is 0.401 e. The molecule has 0 radical (unpaired) electrons. The van der Waals surface area contributed by atoms with Crippen molar-refractivity contribution in [2.75, 3.05) is 24.6 Å². The average molecular weight is 229 g/mol. The second-order valence-corrected chi connectivity index (χ2v) is 4.18. The summed E-state index contributed by atoms with van der Waals surface area (Å²) in [5.74, 6) is -0.0432. The lowest BCUT2D eigenvalue weighted by atomic mass is 10.3. The Morgan fingerprint density at radius 2 is 2.07 bits per heavy atom. The fourth-order valence-electron chi connectivity index (χ4n) is 1.15. The first-order valence-electron chi connectivity index (χ1n) is 3.99. The van der Waals surface area contributed by atoms with Gasteiger partial charge in [-0.15, -0.1) is 0 Å². The molecule has 0 unspecified atom stereocenters. The molecule has 0 spiro atoms. The predicted octanol–water partition coefficient (Wildman–Crippen LogP) is 1.05. The van der Waals surface area contributed by atoms with Gasteiger partial charge >= 0.3 is 12.1 Å². The van der Waals surface area contributed by atoms with Gasteiger partial charge in [-0.2, -0.15) is 24.9 Å². The van der Waals surface area contributed by atoms with Crippen LogP contribution in [0.25, 0.3) is 0 Å². The number of carboxylic acid groups (broad SMARTS) is 1. The molecular weight excluding hydrogens is 219 g/mol. The van der Waals surface area contributed by atoms with Gasteiger partial charge in [0.15, 0.2) is 0 Å². The highest BCUT2D eigenvalue weighted by atomic mass is 32.2. The Kier molecular flexibility index (Phi) is 3.65. The lowest BCUT2D eigenvalue weighted by Crippen LogP contribution is -2.50. The summed E-state index contributed by atoms with van der Waals surface area (Å²) in [6.07, 6.45) is -4.32. The van der Waals surface area contributed by atoms with E-state index >= 15 is 0 Å². The van der Waals surface area contributed by atoms with Crippen molar-refractivity contribution in [1.29, 1.82) is 0 Å². The van der Waals surface area contributed by atoms with Gasteiger partial charge in [0, 0.05) is 17.5 Å². The van der Waals surface area contributed by atoms with Crippen LogP contribution in [0.3, 0.4) is 0 Å². The molecule has 1 heterocycles. The van der Waals surface area contributed by atoms with E-state index in [-0.39, 0.29) is 6.04 Å². The van der Waals surface area contributed by atoms with Crippen molar-refractivity contribution in [3.8, 4) is 0 Å². The van der Waals surface area contributed by atoms with E-state index in [0.29, 0.717) is 11.5 Å². The highest BCUT2D eigenvalue weighted by Gasteiger charge is 2.36. The number of carbonyl (C=O) groups is 1. The Labute approximate surface area is 83.3 Å². The van der Waals surface area contributed by atoms with Crippen LogP contribution in [0.5, 0.6) is 0 Å². The first-order chi connectivity index (χ1) is 6.38. The number of nitrogens with zero attached hydrogens (tertiary/aromatic N) is 1. The van der Waals surface area contributed by atoms with E-state index < -0.39 is 25.2 Å². The highest BCUT2D eigenvalue weighted by molar-refractivity contribution is 8.00. The second kappa shape index (κ2) is 4.39. The Hall–Kier alpha value is -0.430. The number of thioether (sulfide) groups is 1. The van der Waals surface area contributed by atoms with Gasteiger partial charge in [-0.05, 0) is 0 Å². The number of carboxylic acids is 1. The monoisotopic (exact) mass is 229 g/mol. The van der Waals surface area contributed by atoms with Crippen molar-refractivity contribution in [2.45, 2.75) is 12.2 Å². The largest absolute Gasteiger partial charge is 0.480 e. The third kappa shape index (κ3) is 3.75. The molecule has 0 aromatic heterocycles. The van der Waals surface area contributed by atoms with E-state index in [9.17, 15) is 18.0 Å². The number of halogens is 3. The molecule has 1 aliphatic heterocycles. The van der Waals surface area contributed by atoms with Crippen molar-refractivity contribution < 1.29 is 23.1 Å². The molecular formula is C7H10F3NO2S. The summed E-state index contributed by atoms with van der Waals surface area (Å²) in [6.45, 7) is -1.67. The SMILES string of the molecule is O=C(O)CN(CC(F)(F)F)C1CSC1. The molecule has 0 atom stereocenters. The van der Waals surface area contributed by atoms with Crippen LogP contribution in [0.1, 0.15) is 0 Å². The Balaban J connectivity index is 2.47. The molecule has 1 aliphatic rings. The standard InChI is InChI=1S/C7H10F3NO2S/c8-7(9,10)4-11(1-6(12)13)5-2-14-3-5/h5H,1-4H2,(H,12,13). The summed E-state index contributed by atoms with van der Waals surface area (Å²) in [5, 5.41) is 8.43. The first kappa shape index (κ1) is 11.6. The number of hydrogen-bond donors (Lipinski definition) is 1. The van der Waals surface area contributed by atoms with E-state index in [1.54, 1.807) is 0 Å². The van der Waals surface area contributed by atoms with Gasteiger partial charge < -0.3 is 5.11 Å². The Bertz CT molecular complexity index is 217. The van der Waals surface area contributed by atoms with E-state index in [2.05, 4.69) is 0 Å². The van der Waals surface area contributed by atoms with E-state index in [0.717, 1.165) is 4.90 Å². The first-order valence-corrected chi connectivity index (χ1v) is 5.14. The normalized spacial score (nSPS) is 18.3. The van der Waals surface area contributed by atoms with Gasteiger partial charge in [-0.3, -0.25) is 9.69 Å². The molecule has 0 saturated carbocycles. The molecule has 0 aromatic carbocycles. The van der Waals surface area contributed by atoms with Crippen LogP contribution in [-0.4, -0.2) is 52.8 Å². The van der Waals surface area contributed by atoms with Gasteiger partial charge in [-0.1, -0.05) is 0 Å². The minimum atomic E-state index is -4.32. The van der Waals surface area contributed by atoms with Crippen LogP contribution in [0, 0.1) is 0 Å². The highest BCUT2D eigenvalue weighted by Crippen LogP contribution is 2.26. The van der Waals surface area contributed by atoms with Crippen LogP contribution in [0.4, 0.5) is 13.2 Å². The van der Waals surface area contributed by atoms with Crippen molar-refractivity contribution in [2.24, 2.45) is 0 Å². The molecule has 0 amide bonds. The fourth-order valence-corrected chi connectivity index (χ4v) is 2.02. The topological polar surface area (TPSA) is 40.5 Å². The molecule has 0 bridgehead atoms. The summed E-state index contributed by atoms with van der Waals surface area (Å²) in [5.41, 5.74) is 0. The van der Waals surface area contributed by atoms with Crippen LogP contribution in [-0.2, 0) is 4.79 Å². The number of alkyl halides is 3. The van der Waals surface area contributed by atoms with E-state index in [4.69, 9.17) is 5.11 Å². The maximum absolute atomic E-state index is 12.0. The van der Waals surface area contributed by atoms with Gasteiger partial charge in [0.1, 0.15) is 0 Å². The zero-order valence-electron chi connectivity index (χ0n) is 7.25. The lowest BCUT2D eigenvalue weighted by molar-refractivity contribution is -0.157. The molecule has 1 fully saturated rings. The van der Waals surface area contributed by atoms with Crippen LogP contribution >= 0.6 is 11.8 Å². The molecule has 82 valence electrons.